The fraction of sp³-hybridized carbons (Fsp3) is 0.409. The smallest absolute Gasteiger partial charge is 0.229 e. The Hall–Kier alpha value is -2.53. The van der Waals surface area contributed by atoms with Crippen LogP contribution >= 0.6 is 0 Å². The third-order valence-corrected chi connectivity index (χ3v) is 5.43. The number of amides is 1. The van der Waals surface area contributed by atoms with Gasteiger partial charge in [0.15, 0.2) is 0 Å². The topological polar surface area (TPSA) is 48.0 Å². The number of hydrogen-bond donors (Lipinski definition) is 0. The molecule has 4 rings (SSSR count). The molecule has 0 bridgehead atoms. The van der Waals surface area contributed by atoms with Crippen LogP contribution in [0.4, 0.5) is 0 Å². The summed E-state index contributed by atoms with van der Waals surface area (Å²) in [7, 11) is 3.49. The van der Waals surface area contributed by atoms with Gasteiger partial charge >= 0.3 is 0 Å². The summed E-state index contributed by atoms with van der Waals surface area (Å²) in [6, 6.07) is 14.1. The quantitative estimate of drug-likeness (QED) is 0.833. The fourth-order valence-electron chi connectivity index (χ4n) is 3.93. The maximum absolute atomic E-state index is 13.0. The van der Waals surface area contributed by atoms with Crippen LogP contribution in [0.2, 0.25) is 0 Å². The van der Waals surface area contributed by atoms with E-state index in [-0.39, 0.29) is 17.9 Å². The molecule has 2 atom stereocenters. The number of benzene rings is 2. The molecule has 0 N–H and O–H groups in total. The van der Waals surface area contributed by atoms with Crippen LogP contribution in [-0.2, 0) is 22.4 Å². The van der Waals surface area contributed by atoms with Crippen LogP contribution in [0, 0.1) is 5.92 Å². The first-order valence-electron chi connectivity index (χ1n) is 9.40. The standard InChI is InChI=1S/C22H25NO4/c1-23(13-21-19-6-4-3-5-15(19)9-10-26-21)22(24)17-11-16-12-18(25-2)7-8-20(16)27-14-17/h3-8,12,17,21H,9-11,13-14H2,1-2H3/t17-,21+/m1/s1. The first-order chi connectivity index (χ1) is 13.2. The zero-order chi connectivity index (χ0) is 18.8. The second-order valence-corrected chi connectivity index (χ2v) is 7.21. The van der Waals surface area contributed by atoms with E-state index in [0.29, 0.717) is 26.2 Å². The molecule has 2 aromatic rings. The molecule has 0 fully saturated rings. The number of methoxy groups -OCH3 is 1. The number of ether oxygens (including phenoxy) is 3. The number of fused-ring (bicyclic) bond motifs is 2. The lowest BCUT2D eigenvalue weighted by atomic mass is 9.94. The lowest BCUT2D eigenvalue weighted by molar-refractivity contribution is -0.137. The minimum absolute atomic E-state index is 0.0687. The molecule has 5 heteroatoms. The molecule has 5 nitrogen and oxygen atoms in total. The van der Waals surface area contributed by atoms with Gasteiger partial charge in [0, 0.05) is 7.05 Å². The van der Waals surface area contributed by atoms with E-state index in [1.807, 2.05) is 31.3 Å². The minimum Gasteiger partial charge on any atom is -0.497 e. The van der Waals surface area contributed by atoms with Crippen molar-refractivity contribution in [2.45, 2.75) is 18.9 Å². The first kappa shape index (κ1) is 17.9. The highest BCUT2D eigenvalue weighted by atomic mass is 16.5. The average Bonchev–Trinajstić information content (AvgIpc) is 2.72. The summed E-state index contributed by atoms with van der Waals surface area (Å²) in [5.74, 6) is 1.53. The molecule has 27 heavy (non-hydrogen) atoms. The van der Waals surface area contributed by atoms with Crippen molar-refractivity contribution >= 4 is 5.91 Å². The molecule has 0 radical (unpaired) electrons. The van der Waals surface area contributed by atoms with E-state index in [4.69, 9.17) is 14.2 Å². The maximum Gasteiger partial charge on any atom is 0.229 e. The van der Waals surface area contributed by atoms with Gasteiger partial charge in [-0.05, 0) is 47.7 Å². The maximum atomic E-state index is 13.0. The van der Waals surface area contributed by atoms with Crippen LogP contribution in [0.25, 0.3) is 0 Å². The zero-order valence-corrected chi connectivity index (χ0v) is 15.8. The molecule has 0 saturated carbocycles. The van der Waals surface area contributed by atoms with E-state index in [2.05, 4.69) is 18.2 Å². The van der Waals surface area contributed by atoms with Crippen LogP contribution in [0.1, 0.15) is 22.8 Å². The molecule has 2 aliphatic heterocycles. The first-order valence-corrected chi connectivity index (χ1v) is 9.40. The summed E-state index contributed by atoms with van der Waals surface area (Å²) >= 11 is 0. The summed E-state index contributed by atoms with van der Waals surface area (Å²) in [6.07, 6.45) is 1.53. The Balaban J connectivity index is 1.44. The molecular formula is C22H25NO4. The fourth-order valence-corrected chi connectivity index (χ4v) is 3.93. The average molecular weight is 367 g/mol. The van der Waals surface area contributed by atoms with Crippen molar-refractivity contribution in [1.82, 2.24) is 4.90 Å². The molecule has 142 valence electrons. The SMILES string of the molecule is COc1ccc2c(c1)C[C@@H](C(=O)N(C)C[C@@H]1OCCc3ccccc31)CO2. The molecule has 0 aromatic heterocycles. The molecule has 2 aliphatic rings. The van der Waals surface area contributed by atoms with Crippen LogP contribution in [0.15, 0.2) is 42.5 Å². The molecule has 0 spiro atoms. The number of carbonyl (C=O) groups is 1. The molecule has 2 heterocycles. The second-order valence-electron chi connectivity index (χ2n) is 7.21. The van der Waals surface area contributed by atoms with Crippen LogP contribution in [0.5, 0.6) is 11.5 Å². The number of carbonyl (C=O) groups excluding carboxylic acids is 1. The third kappa shape index (κ3) is 3.65. The lowest BCUT2D eigenvalue weighted by Crippen LogP contribution is -2.41. The molecule has 0 aliphatic carbocycles. The summed E-state index contributed by atoms with van der Waals surface area (Å²) in [5.41, 5.74) is 3.53. The Morgan fingerprint density at radius 1 is 1.22 bits per heavy atom. The summed E-state index contributed by atoms with van der Waals surface area (Å²) in [5, 5.41) is 0. The number of hydrogen-bond acceptors (Lipinski definition) is 4. The van der Waals surface area contributed by atoms with Crippen molar-refractivity contribution in [2.75, 3.05) is 33.9 Å². The Bertz CT molecular complexity index is 835. The normalized spacial score (nSPS) is 20.8. The largest absolute Gasteiger partial charge is 0.497 e. The number of rotatable bonds is 4. The molecule has 0 unspecified atom stereocenters. The number of likely N-dealkylation sites (N-methyl/N-ethyl adjacent to an activating group) is 1. The minimum atomic E-state index is -0.187. The van der Waals surface area contributed by atoms with E-state index in [0.717, 1.165) is 23.5 Å². The van der Waals surface area contributed by atoms with Gasteiger partial charge in [-0.3, -0.25) is 4.79 Å². The van der Waals surface area contributed by atoms with Crippen molar-refractivity contribution in [3.8, 4) is 11.5 Å². The van der Waals surface area contributed by atoms with Gasteiger partial charge in [-0.2, -0.15) is 0 Å². The van der Waals surface area contributed by atoms with Crippen molar-refractivity contribution < 1.29 is 19.0 Å². The van der Waals surface area contributed by atoms with Crippen molar-refractivity contribution in [1.29, 1.82) is 0 Å². The van der Waals surface area contributed by atoms with Crippen LogP contribution < -0.4 is 9.47 Å². The van der Waals surface area contributed by atoms with Crippen molar-refractivity contribution in [3.05, 3.63) is 59.2 Å². The molecule has 0 saturated heterocycles. The highest BCUT2D eigenvalue weighted by Crippen LogP contribution is 2.32. The van der Waals surface area contributed by atoms with Gasteiger partial charge in [0.2, 0.25) is 5.91 Å². The predicted octanol–water partition coefficient (Wildman–Crippen LogP) is 3.02. The Labute approximate surface area is 159 Å². The van der Waals surface area contributed by atoms with Gasteiger partial charge in [0.05, 0.1) is 26.2 Å². The third-order valence-electron chi connectivity index (χ3n) is 5.43. The van der Waals surface area contributed by atoms with E-state index in [1.54, 1.807) is 12.0 Å². The van der Waals surface area contributed by atoms with Crippen molar-refractivity contribution in [2.24, 2.45) is 5.92 Å². The zero-order valence-electron chi connectivity index (χ0n) is 15.8. The Kier molecular flexibility index (Phi) is 5.03. The monoisotopic (exact) mass is 367 g/mol. The second kappa shape index (κ2) is 7.61. The van der Waals surface area contributed by atoms with Gasteiger partial charge in [0.25, 0.3) is 0 Å². The summed E-state index contributed by atoms with van der Waals surface area (Å²) < 4.78 is 17.1. The Morgan fingerprint density at radius 3 is 2.93 bits per heavy atom. The molecular weight excluding hydrogens is 342 g/mol. The van der Waals surface area contributed by atoms with Gasteiger partial charge in [0.1, 0.15) is 24.2 Å². The van der Waals surface area contributed by atoms with E-state index < -0.39 is 0 Å². The highest BCUT2D eigenvalue weighted by molar-refractivity contribution is 5.79. The van der Waals surface area contributed by atoms with Crippen LogP contribution in [0.3, 0.4) is 0 Å². The summed E-state index contributed by atoms with van der Waals surface area (Å²) in [6.45, 7) is 1.66. The van der Waals surface area contributed by atoms with E-state index in [9.17, 15) is 4.79 Å². The van der Waals surface area contributed by atoms with Gasteiger partial charge in [-0.1, -0.05) is 24.3 Å². The van der Waals surface area contributed by atoms with Gasteiger partial charge < -0.3 is 19.1 Å². The van der Waals surface area contributed by atoms with Crippen molar-refractivity contribution in [3.63, 3.8) is 0 Å². The lowest BCUT2D eigenvalue weighted by Gasteiger charge is -2.32. The Morgan fingerprint density at radius 2 is 2.07 bits per heavy atom. The summed E-state index contributed by atoms with van der Waals surface area (Å²) in [4.78, 5) is 14.8. The van der Waals surface area contributed by atoms with Crippen LogP contribution in [-0.4, -0.2) is 44.7 Å². The number of nitrogens with zero attached hydrogens (tertiary/aromatic N) is 1. The molecule has 2 aromatic carbocycles. The highest BCUT2D eigenvalue weighted by Gasteiger charge is 2.31. The predicted molar refractivity (Wildman–Crippen MR) is 102 cm³/mol. The van der Waals surface area contributed by atoms with Gasteiger partial charge in [-0.15, -0.1) is 0 Å². The molecule has 1 amide bonds. The van der Waals surface area contributed by atoms with E-state index >= 15 is 0 Å². The van der Waals surface area contributed by atoms with Gasteiger partial charge in [-0.25, -0.2) is 0 Å². The van der Waals surface area contributed by atoms with E-state index in [1.165, 1.54) is 11.1 Å².